The van der Waals surface area contributed by atoms with Gasteiger partial charge in [0.15, 0.2) is 6.61 Å². The quantitative estimate of drug-likeness (QED) is 0.857. The molecule has 0 aliphatic heterocycles. The molecule has 0 aliphatic rings. The van der Waals surface area contributed by atoms with Crippen LogP contribution in [0.25, 0.3) is 0 Å². The molecule has 1 aromatic carbocycles. The fraction of sp³-hybridized carbons (Fsp3) is 0.143. The number of carbonyl (C=O) groups excluding carboxylic acids is 2. The number of carbonyl (C=O) groups is 2. The SMILES string of the molecule is O=C(COC(=O)c1ccco1)NCc1ccc(Cl)cc1Cl. The summed E-state index contributed by atoms with van der Waals surface area (Å²) in [6, 6.07) is 7.97. The molecule has 1 aromatic heterocycles. The number of amides is 1. The van der Waals surface area contributed by atoms with Gasteiger partial charge in [0.1, 0.15) is 0 Å². The summed E-state index contributed by atoms with van der Waals surface area (Å²) in [6.07, 6.45) is 1.35. The number of benzene rings is 1. The smallest absolute Gasteiger partial charge is 0.374 e. The van der Waals surface area contributed by atoms with E-state index in [1.54, 1.807) is 24.3 Å². The van der Waals surface area contributed by atoms with E-state index in [9.17, 15) is 9.59 Å². The van der Waals surface area contributed by atoms with E-state index in [1.807, 2.05) is 0 Å². The highest BCUT2D eigenvalue weighted by molar-refractivity contribution is 6.35. The molecule has 0 atom stereocenters. The number of furan rings is 1. The van der Waals surface area contributed by atoms with E-state index >= 15 is 0 Å². The second-order valence-electron chi connectivity index (χ2n) is 4.07. The summed E-state index contributed by atoms with van der Waals surface area (Å²) in [5.74, 6) is -1.09. The van der Waals surface area contributed by atoms with Gasteiger partial charge in [0.25, 0.3) is 5.91 Å². The van der Waals surface area contributed by atoms with Crippen molar-refractivity contribution in [3.8, 4) is 0 Å². The number of rotatable bonds is 5. The number of nitrogens with one attached hydrogen (secondary N) is 1. The Morgan fingerprint density at radius 2 is 2.05 bits per heavy atom. The van der Waals surface area contributed by atoms with Gasteiger partial charge >= 0.3 is 5.97 Å². The van der Waals surface area contributed by atoms with Gasteiger partial charge in [-0.3, -0.25) is 4.79 Å². The van der Waals surface area contributed by atoms with E-state index in [-0.39, 0.29) is 12.3 Å². The maximum absolute atomic E-state index is 11.6. The average molecular weight is 328 g/mol. The molecule has 2 aromatic rings. The van der Waals surface area contributed by atoms with Gasteiger partial charge in [-0.05, 0) is 29.8 Å². The van der Waals surface area contributed by atoms with E-state index in [4.69, 9.17) is 32.4 Å². The third-order valence-corrected chi connectivity index (χ3v) is 3.13. The largest absolute Gasteiger partial charge is 0.457 e. The molecule has 110 valence electrons. The first kappa shape index (κ1) is 15.4. The first-order valence-corrected chi connectivity index (χ1v) is 6.73. The third-order valence-electron chi connectivity index (χ3n) is 2.55. The average Bonchev–Trinajstić information content (AvgIpc) is 2.98. The van der Waals surface area contributed by atoms with Gasteiger partial charge in [-0.1, -0.05) is 29.3 Å². The van der Waals surface area contributed by atoms with E-state index in [0.29, 0.717) is 15.6 Å². The third kappa shape index (κ3) is 4.51. The van der Waals surface area contributed by atoms with Gasteiger partial charge in [0, 0.05) is 16.6 Å². The Labute approximate surface area is 130 Å². The van der Waals surface area contributed by atoms with Crippen LogP contribution in [-0.4, -0.2) is 18.5 Å². The van der Waals surface area contributed by atoms with Gasteiger partial charge in [0.05, 0.1) is 6.26 Å². The number of ether oxygens (including phenoxy) is 1. The Morgan fingerprint density at radius 1 is 1.24 bits per heavy atom. The molecule has 2 rings (SSSR count). The molecular weight excluding hydrogens is 317 g/mol. The van der Waals surface area contributed by atoms with Crippen LogP contribution in [0.5, 0.6) is 0 Å². The van der Waals surface area contributed by atoms with E-state index < -0.39 is 18.5 Å². The van der Waals surface area contributed by atoms with Crippen molar-refractivity contribution >= 4 is 35.1 Å². The molecule has 5 nitrogen and oxygen atoms in total. The Balaban J connectivity index is 1.78. The van der Waals surface area contributed by atoms with Crippen molar-refractivity contribution in [3.63, 3.8) is 0 Å². The highest BCUT2D eigenvalue weighted by Crippen LogP contribution is 2.20. The van der Waals surface area contributed by atoms with Crippen molar-refractivity contribution in [3.05, 3.63) is 58.0 Å². The Bertz CT molecular complexity index is 640. The molecule has 0 spiro atoms. The van der Waals surface area contributed by atoms with E-state index in [2.05, 4.69) is 5.32 Å². The minimum Gasteiger partial charge on any atom is -0.457 e. The van der Waals surface area contributed by atoms with Crippen LogP contribution in [0.3, 0.4) is 0 Å². The maximum Gasteiger partial charge on any atom is 0.374 e. The van der Waals surface area contributed by atoms with Crippen LogP contribution in [0.4, 0.5) is 0 Å². The fourth-order valence-electron chi connectivity index (χ4n) is 1.51. The standard InChI is InChI=1S/C14H11Cl2NO4/c15-10-4-3-9(11(16)6-10)7-17-13(18)8-21-14(19)12-2-1-5-20-12/h1-6H,7-8H2,(H,17,18). The van der Waals surface area contributed by atoms with Crippen LogP contribution in [0.15, 0.2) is 41.0 Å². The molecule has 0 fully saturated rings. The van der Waals surface area contributed by atoms with Crippen LogP contribution in [0.2, 0.25) is 10.0 Å². The highest BCUT2D eigenvalue weighted by Gasteiger charge is 2.12. The summed E-state index contributed by atoms with van der Waals surface area (Å²) in [7, 11) is 0. The molecule has 0 aliphatic carbocycles. The normalized spacial score (nSPS) is 10.2. The van der Waals surface area contributed by atoms with Crippen LogP contribution in [0, 0.1) is 0 Å². The summed E-state index contributed by atoms with van der Waals surface area (Å²) in [5, 5.41) is 3.56. The van der Waals surface area contributed by atoms with Crippen LogP contribution in [-0.2, 0) is 16.1 Å². The minimum atomic E-state index is -0.695. The number of hydrogen-bond acceptors (Lipinski definition) is 4. The van der Waals surface area contributed by atoms with Crippen LogP contribution in [0.1, 0.15) is 16.1 Å². The zero-order valence-corrected chi connectivity index (χ0v) is 12.3. The van der Waals surface area contributed by atoms with Crippen molar-refractivity contribution < 1.29 is 18.7 Å². The van der Waals surface area contributed by atoms with Crippen molar-refractivity contribution in [2.45, 2.75) is 6.54 Å². The molecule has 0 radical (unpaired) electrons. The number of esters is 1. The summed E-state index contributed by atoms with van der Waals surface area (Å²) >= 11 is 11.7. The van der Waals surface area contributed by atoms with Crippen molar-refractivity contribution in [2.24, 2.45) is 0 Å². The lowest BCUT2D eigenvalue weighted by atomic mass is 10.2. The van der Waals surface area contributed by atoms with Gasteiger partial charge in [0.2, 0.25) is 5.76 Å². The molecule has 1 amide bonds. The van der Waals surface area contributed by atoms with Gasteiger partial charge in [-0.15, -0.1) is 0 Å². The summed E-state index contributed by atoms with van der Waals surface area (Å²) in [6.45, 7) is -0.183. The maximum atomic E-state index is 11.6. The molecular formula is C14H11Cl2NO4. The second kappa shape index (κ2) is 7.15. The van der Waals surface area contributed by atoms with Crippen LogP contribution >= 0.6 is 23.2 Å². The zero-order valence-electron chi connectivity index (χ0n) is 10.8. The van der Waals surface area contributed by atoms with E-state index in [0.717, 1.165) is 0 Å². The lowest BCUT2D eigenvalue weighted by molar-refractivity contribution is -0.124. The van der Waals surface area contributed by atoms with Crippen molar-refractivity contribution in [1.29, 1.82) is 0 Å². The Kier molecular flexibility index (Phi) is 5.25. The number of hydrogen-bond donors (Lipinski definition) is 1. The Morgan fingerprint density at radius 3 is 2.71 bits per heavy atom. The summed E-state index contributed by atoms with van der Waals surface area (Å²) < 4.78 is 9.63. The molecule has 1 heterocycles. The van der Waals surface area contributed by atoms with Crippen molar-refractivity contribution in [2.75, 3.05) is 6.61 Å². The van der Waals surface area contributed by atoms with Gasteiger partial charge < -0.3 is 14.5 Å². The van der Waals surface area contributed by atoms with Gasteiger partial charge in [-0.25, -0.2) is 4.79 Å². The fourth-order valence-corrected chi connectivity index (χ4v) is 1.98. The molecule has 0 bridgehead atoms. The summed E-state index contributed by atoms with van der Waals surface area (Å²) in [4.78, 5) is 23.0. The topological polar surface area (TPSA) is 68.5 Å². The molecule has 0 unspecified atom stereocenters. The first-order chi connectivity index (χ1) is 10.1. The Hall–Kier alpha value is -1.98. The van der Waals surface area contributed by atoms with Gasteiger partial charge in [-0.2, -0.15) is 0 Å². The molecule has 0 saturated carbocycles. The summed E-state index contributed by atoms with van der Waals surface area (Å²) in [5.41, 5.74) is 0.715. The molecule has 1 N–H and O–H groups in total. The first-order valence-electron chi connectivity index (χ1n) is 5.97. The zero-order chi connectivity index (χ0) is 15.2. The number of halogens is 2. The molecule has 0 saturated heterocycles. The molecule has 21 heavy (non-hydrogen) atoms. The lowest BCUT2D eigenvalue weighted by Gasteiger charge is -2.07. The second-order valence-corrected chi connectivity index (χ2v) is 4.91. The highest BCUT2D eigenvalue weighted by atomic mass is 35.5. The predicted molar refractivity (Wildman–Crippen MR) is 77.3 cm³/mol. The van der Waals surface area contributed by atoms with Crippen molar-refractivity contribution in [1.82, 2.24) is 5.32 Å². The van der Waals surface area contributed by atoms with Crippen LogP contribution < -0.4 is 5.32 Å². The van der Waals surface area contributed by atoms with E-state index in [1.165, 1.54) is 12.3 Å². The minimum absolute atomic E-state index is 0.0449. The lowest BCUT2D eigenvalue weighted by Crippen LogP contribution is -2.28. The molecule has 7 heteroatoms. The predicted octanol–water partition coefficient (Wildman–Crippen LogP) is 3.06. The monoisotopic (exact) mass is 327 g/mol.